The molecule has 2 heterocycles. The van der Waals surface area contributed by atoms with Crippen LogP contribution in [0, 0.1) is 11.3 Å². The number of carbonyl (C=O) groups is 1. The fourth-order valence-corrected chi connectivity index (χ4v) is 6.07. The van der Waals surface area contributed by atoms with Gasteiger partial charge in [0.15, 0.2) is 0 Å². The first-order valence-electron chi connectivity index (χ1n) is 12.4. The molecular formula is C26H38N4O4S. The lowest BCUT2D eigenvalue weighted by atomic mass is 10.0. The highest BCUT2D eigenvalue weighted by Crippen LogP contribution is 2.25. The normalized spacial score (nSPS) is 19.2. The van der Waals surface area contributed by atoms with Crippen LogP contribution in [0.3, 0.4) is 0 Å². The Kier molecular flexibility index (Phi) is 8.97. The number of nitrogens with zero attached hydrogens (tertiary/aromatic N) is 3. The van der Waals surface area contributed by atoms with E-state index in [1.807, 2.05) is 13.0 Å². The van der Waals surface area contributed by atoms with Crippen molar-refractivity contribution in [3.63, 3.8) is 0 Å². The van der Waals surface area contributed by atoms with E-state index in [9.17, 15) is 18.5 Å². The number of benzene rings is 1. The molecule has 2 aliphatic heterocycles. The maximum Gasteiger partial charge on any atom is 0.407 e. The molecule has 8 nitrogen and oxygen atoms in total. The standard InChI is InChI=1S/C26H38N4O4S/c1-20(19-29-12-6-5-7-13-29)16-22-17-24(9-8-21(22)18-27)35(32,33)30-14-10-23(11-15-30)28-25(31)34-26(2,3)4/h8-9,16-17,23H,5-7,10-15,19H2,1-4H3,(H,28,31)/b20-16+. The SMILES string of the molecule is C/C(=C\c1cc(S(=O)(=O)N2CCC(NC(=O)OC(C)(C)C)CC2)ccc1C#N)CN1CCCCC1. The largest absolute Gasteiger partial charge is 0.444 e. The van der Waals surface area contributed by atoms with Crippen LogP contribution in [0.15, 0.2) is 28.7 Å². The topological polar surface area (TPSA) is 103 Å². The van der Waals surface area contributed by atoms with Crippen molar-refractivity contribution in [3.8, 4) is 6.07 Å². The van der Waals surface area contributed by atoms with E-state index in [0.29, 0.717) is 37.1 Å². The summed E-state index contributed by atoms with van der Waals surface area (Å²) < 4.78 is 33.5. The van der Waals surface area contributed by atoms with Gasteiger partial charge >= 0.3 is 6.09 Å². The predicted molar refractivity (Wildman–Crippen MR) is 136 cm³/mol. The van der Waals surface area contributed by atoms with Crippen LogP contribution in [-0.2, 0) is 14.8 Å². The predicted octanol–water partition coefficient (Wildman–Crippen LogP) is 4.13. The highest BCUT2D eigenvalue weighted by Gasteiger charge is 2.31. The molecule has 2 saturated heterocycles. The molecule has 0 aliphatic carbocycles. The first kappa shape index (κ1) is 27.2. The summed E-state index contributed by atoms with van der Waals surface area (Å²) in [5, 5.41) is 12.4. The average molecular weight is 503 g/mol. The van der Waals surface area contributed by atoms with Crippen LogP contribution in [0.4, 0.5) is 4.79 Å². The molecule has 2 fully saturated rings. The van der Waals surface area contributed by atoms with Crippen molar-refractivity contribution < 1.29 is 17.9 Å². The summed E-state index contributed by atoms with van der Waals surface area (Å²) in [6.07, 6.45) is 6.15. The molecule has 1 amide bonds. The van der Waals surface area contributed by atoms with Crippen molar-refractivity contribution in [1.82, 2.24) is 14.5 Å². The first-order chi connectivity index (χ1) is 16.5. The van der Waals surface area contributed by atoms with E-state index < -0.39 is 21.7 Å². The zero-order valence-electron chi connectivity index (χ0n) is 21.3. The number of likely N-dealkylation sites (tertiary alicyclic amines) is 1. The minimum absolute atomic E-state index is 0.131. The number of hydrogen-bond acceptors (Lipinski definition) is 6. The Morgan fingerprint density at radius 2 is 1.83 bits per heavy atom. The number of carbonyl (C=O) groups excluding carboxylic acids is 1. The Morgan fingerprint density at radius 3 is 2.43 bits per heavy atom. The molecule has 1 aromatic rings. The number of piperidine rings is 2. The van der Waals surface area contributed by atoms with E-state index in [0.717, 1.165) is 25.2 Å². The van der Waals surface area contributed by atoms with Gasteiger partial charge < -0.3 is 10.1 Å². The van der Waals surface area contributed by atoms with Crippen molar-refractivity contribution in [2.45, 2.75) is 76.3 Å². The van der Waals surface area contributed by atoms with E-state index in [2.05, 4.69) is 16.3 Å². The van der Waals surface area contributed by atoms with Crippen LogP contribution in [0.2, 0.25) is 0 Å². The van der Waals surface area contributed by atoms with Gasteiger partial charge in [0.05, 0.1) is 16.5 Å². The summed E-state index contributed by atoms with van der Waals surface area (Å²) in [6, 6.07) is 6.76. The third-order valence-electron chi connectivity index (χ3n) is 6.28. The molecule has 0 spiro atoms. The van der Waals surface area contributed by atoms with Crippen LogP contribution in [0.1, 0.15) is 70.9 Å². The number of hydrogen-bond donors (Lipinski definition) is 1. The van der Waals surface area contributed by atoms with E-state index in [1.165, 1.54) is 29.6 Å². The Hall–Kier alpha value is -2.41. The van der Waals surface area contributed by atoms with Crippen LogP contribution < -0.4 is 5.32 Å². The van der Waals surface area contributed by atoms with Gasteiger partial charge in [-0.15, -0.1) is 0 Å². The van der Waals surface area contributed by atoms with Gasteiger partial charge in [0, 0.05) is 25.7 Å². The van der Waals surface area contributed by atoms with Crippen LogP contribution in [0.25, 0.3) is 6.08 Å². The van der Waals surface area contributed by atoms with Gasteiger partial charge in [0.25, 0.3) is 0 Å². The van der Waals surface area contributed by atoms with Crippen molar-refractivity contribution in [3.05, 3.63) is 34.9 Å². The Bertz CT molecular complexity index is 1070. The van der Waals surface area contributed by atoms with Crippen molar-refractivity contribution >= 4 is 22.2 Å². The number of nitrogens with one attached hydrogen (secondary N) is 1. The lowest BCUT2D eigenvalue weighted by Gasteiger charge is -2.32. The highest BCUT2D eigenvalue weighted by molar-refractivity contribution is 7.89. The molecule has 3 rings (SSSR count). The quantitative estimate of drug-likeness (QED) is 0.628. The zero-order chi connectivity index (χ0) is 25.6. The summed E-state index contributed by atoms with van der Waals surface area (Å²) in [4.78, 5) is 14.6. The molecule has 35 heavy (non-hydrogen) atoms. The maximum atomic E-state index is 13.4. The molecule has 192 valence electrons. The molecule has 0 radical (unpaired) electrons. The number of rotatable bonds is 6. The third-order valence-corrected chi connectivity index (χ3v) is 8.17. The molecule has 0 unspecified atom stereocenters. The van der Waals surface area contributed by atoms with E-state index in [-0.39, 0.29) is 10.9 Å². The molecule has 0 bridgehead atoms. The number of ether oxygens (including phenoxy) is 1. The minimum Gasteiger partial charge on any atom is -0.444 e. The molecule has 1 aromatic carbocycles. The monoisotopic (exact) mass is 502 g/mol. The van der Waals surface area contributed by atoms with E-state index >= 15 is 0 Å². The number of nitriles is 1. The smallest absolute Gasteiger partial charge is 0.407 e. The van der Waals surface area contributed by atoms with Gasteiger partial charge in [0.2, 0.25) is 10.0 Å². The van der Waals surface area contributed by atoms with Gasteiger partial charge in [0.1, 0.15) is 5.60 Å². The second-order valence-electron chi connectivity index (χ2n) is 10.5. The second kappa shape index (κ2) is 11.5. The van der Waals surface area contributed by atoms with Crippen LogP contribution >= 0.6 is 0 Å². The van der Waals surface area contributed by atoms with Crippen molar-refractivity contribution in [2.75, 3.05) is 32.7 Å². The molecule has 0 saturated carbocycles. The summed E-state index contributed by atoms with van der Waals surface area (Å²) in [5.41, 5.74) is 1.61. The molecular weight excluding hydrogens is 464 g/mol. The van der Waals surface area contributed by atoms with Crippen LogP contribution in [-0.4, -0.2) is 68.1 Å². The summed E-state index contributed by atoms with van der Waals surface area (Å²) >= 11 is 0. The lowest BCUT2D eigenvalue weighted by Crippen LogP contribution is -2.47. The zero-order valence-corrected chi connectivity index (χ0v) is 22.2. The van der Waals surface area contributed by atoms with Crippen molar-refractivity contribution in [2.24, 2.45) is 0 Å². The highest BCUT2D eigenvalue weighted by atomic mass is 32.2. The third kappa shape index (κ3) is 7.79. The Balaban J connectivity index is 1.68. The molecule has 2 aliphatic rings. The summed E-state index contributed by atoms with van der Waals surface area (Å²) in [5.74, 6) is 0. The number of alkyl carbamates (subject to hydrolysis) is 1. The number of amides is 1. The fraction of sp³-hybridized carbons (Fsp3) is 0.615. The molecule has 1 N–H and O–H groups in total. The van der Waals surface area contributed by atoms with Gasteiger partial charge in [-0.2, -0.15) is 9.57 Å². The van der Waals surface area contributed by atoms with Crippen molar-refractivity contribution in [1.29, 1.82) is 5.26 Å². The van der Waals surface area contributed by atoms with Crippen LogP contribution in [0.5, 0.6) is 0 Å². The first-order valence-corrected chi connectivity index (χ1v) is 13.9. The van der Waals surface area contributed by atoms with Gasteiger partial charge in [-0.05, 0) is 90.2 Å². The van der Waals surface area contributed by atoms with E-state index in [4.69, 9.17) is 4.74 Å². The molecule has 9 heteroatoms. The molecule has 0 atom stereocenters. The second-order valence-corrected chi connectivity index (χ2v) is 12.5. The summed E-state index contributed by atoms with van der Waals surface area (Å²) in [6.45, 7) is 11.0. The van der Waals surface area contributed by atoms with Gasteiger partial charge in [-0.3, -0.25) is 4.90 Å². The fourth-order valence-electron chi connectivity index (χ4n) is 4.57. The Labute approximate surface area is 210 Å². The maximum absolute atomic E-state index is 13.4. The lowest BCUT2D eigenvalue weighted by molar-refractivity contribution is 0.0489. The van der Waals surface area contributed by atoms with Gasteiger partial charge in [-0.25, -0.2) is 13.2 Å². The number of sulfonamides is 1. The Morgan fingerprint density at radius 1 is 1.17 bits per heavy atom. The summed E-state index contributed by atoms with van der Waals surface area (Å²) in [7, 11) is -3.71. The minimum atomic E-state index is -3.71. The molecule has 0 aromatic heterocycles. The average Bonchev–Trinajstić information content (AvgIpc) is 2.78. The van der Waals surface area contributed by atoms with E-state index in [1.54, 1.807) is 32.9 Å². The van der Waals surface area contributed by atoms with Gasteiger partial charge in [-0.1, -0.05) is 18.1 Å².